The second-order valence-electron chi connectivity index (χ2n) is 7.17. The number of likely N-dealkylation sites (tertiary alicyclic amines) is 1. The van der Waals surface area contributed by atoms with Crippen LogP contribution in [0.5, 0.6) is 0 Å². The second-order valence-corrected chi connectivity index (χ2v) is 7.17. The Morgan fingerprint density at radius 2 is 2.00 bits per heavy atom. The molecule has 1 saturated heterocycles. The van der Waals surface area contributed by atoms with Crippen molar-refractivity contribution in [2.24, 2.45) is 5.92 Å². The van der Waals surface area contributed by atoms with Gasteiger partial charge in [-0.15, -0.1) is 0 Å². The lowest BCUT2D eigenvalue weighted by molar-refractivity contribution is -0.159. The number of para-hydroxylation sites is 1. The van der Waals surface area contributed by atoms with E-state index < -0.39 is 12.1 Å². The lowest BCUT2D eigenvalue weighted by Gasteiger charge is -2.31. The quantitative estimate of drug-likeness (QED) is 0.812. The van der Waals surface area contributed by atoms with E-state index in [1.165, 1.54) is 0 Å². The molecule has 1 aliphatic rings. The highest BCUT2D eigenvalue weighted by molar-refractivity contribution is 5.83. The molecule has 1 atom stereocenters. The Morgan fingerprint density at radius 3 is 2.74 bits per heavy atom. The monoisotopic (exact) mass is 371 g/mol. The number of amides is 1. The van der Waals surface area contributed by atoms with Gasteiger partial charge < -0.3 is 14.6 Å². The number of nitrogens with zero attached hydrogens (tertiary/aromatic N) is 2. The molecule has 1 aromatic carbocycles. The summed E-state index contributed by atoms with van der Waals surface area (Å²) in [5.41, 5.74) is 0.360. The molecular weight excluding hydrogens is 346 g/mol. The normalized spacial score (nSPS) is 16.3. The predicted octanol–water partition coefficient (Wildman–Crippen LogP) is 2.05. The zero-order chi connectivity index (χ0) is 19.4. The predicted molar refractivity (Wildman–Crippen MR) is 101 cm³/mol. The number of fused-ring (bicyclic) bond motifs is 1. The lowest BCUT2D eigenvalue weighted by Crippen LogP contribution is -2.44. The largest absolute Gasteiger partial charge is 0.453 e. The first kappa shape index (κ1) is 19.1. The van der Waals surface area contributed by atoms with Crippen LogP contribution in [0.25, 0.3) is 10.9 Å². The van der Waals surface area contributed by atoms with Gasteiger partial charge in [0.1, 0.15) is 5.82 Å². The summed E-state index contributed by atoms with van der Waals surface area (Å²) in [5.74, 6) is 0.438. The van der Waals surface area contributed by atoms with Crippen molar-refractivity contribution in [1.29, 1.82) is 0 Å². The fourth-order valence-electron chi connectivity index (χ4n) is 3.27. The van der Waals surface area contributed by atoms with E-state index in [2.05, 4.69) is 16.9 Å². The van der Waals surface area contributed by atoms with Crippen molar-refractivity contribution in [2.45, 2.75) is 45.6 Å². The van der Waals surface area contributed by atoms with Crippen molar-refractivity contribution in [1.82, 2.24) is 14.9 Å². The van der Waals surface area contributed by atoms with Crippen LogP contribution < -0.4 is 5.56 Å². The number of rotatable bonds is 5. The van der Waals surface area contributed by atoms with Gasteiger partial charge >= 0.3 is 5.97 Å². The molecule has 2 aromatic rings. The summed E-state index contributed by atoms with van der Waals surface area (Å²) in [4.78, 5) is 45.4. The van der Waals surface area contributed by atoms with Gasteiger partial charge in [-0.1, -0.05) is 19.1 Å². The molecule has 27 heavy (non-hydrogen) atoms. The molecule has 2 heterocycles. The standard InChI is InChI=1S/C20H25N3O4/c1-13-9-11-23(12-10-13)20(26)14(2)27-18(24)8-7-17-21-16-6-4-3-5-15(16)19(25)22-17/h3-6,13-14H,7-12H2,1-2H3,(H,21,22,25)/t14-/m0/s1. The lowest BCUT2D eigenvalue weighted by atomic mass is 9.99. The number of piperidine rings is 1. The summed E-state index contributed by atoms with van der Waals surface area (Å²) in [6.07, 6.45) is 1.46. The van der Waals surface area contributed by atoms with E-state index >= 15 is 0 Å². The van der Waals surface area contributed by atoms with Crippen LogP contribution in [0.15, 0.2) is 29.1 Å². The van der Waals surface area contributed by atoms with Gasteiger partial charge in [0.25, 0.3) is 11.5 Å². The maximum atomic E-state index is 12.4. The maximum absolute atomic E-state index is 12.4. The molecule has 3 rings (SSSR count). The molecule has 0 radical (unpaired) electrons. The van der Waals surface area contributed by atoms with E-state index in [1.54, 1.807) is 36.1 Å². The Labute approximate surface area is 157 Å². The van der Waals surface area contributed by atoms with E-state index in [0.29, 0.717) is 35.7 Å². The van der Waals surface area contributed by atoms with Crippen molar-refractivity contribution in [3.63, 3.8) is 0 Å². The minimum atomic E-state index is -0.797. The number of carbonyl (C=O) groups is 2. The summed E-state index contributed by atoms with van der Waals surface area (Å²) in [7, 11) is 0. The zero-order valence-corrected chi connectivity index (χ0v) is 15.7. The maximum Gasteiger partial charge on any atom is 0.307 e. The molecule has 1 fully saturated rings. The van der Waals surface area contributed by atoms with Crippen LogP contribution in [-0.2, 0) is 20.7 Å². The third kappa shape index (κ3) is 4.72. The van der Waals surface area contributed by atoms with Crippen molar-refractivity contribution < 1.29 is 14.3 Å². The smallest absolute Gasteiger partial charge is 0.307 e. The molecule has 0 unspecified atom stereocenters. The second kappa shape index (κ2) is 8.33. The molecule has 1 N–H and O–H groups in total. The Balaban J connectivity index is 1.53. The highest BCUT2D eigenvalue weighted by Crippen LogP contribution is 2.17. The Bertz CT molecular complexity index is 884. The molecular formula is C20H25N3O4. The fraction of sp³-hybridized carbons (Fsp3) is 0.500. The first-order valence-corrected chi connectivity index (χ1v) is 9.40. The van der Waals surface area contributed by atoms with Gasteiger partial charge in [-0.25, -0.2) is 4.98 Å². The van der Waals surface area contributed by atoms with Crippen LogP contribution in [0.1, 0.15) is 38.9 Å². The number of benzene rings is 1. The van der Waals surface area contributed by atoms with E-state index in [0.717, 1.165) is 12.8 Å². The first-order valence-electron chi connectivity index (χ1n) is 9.40. The number of aromatic nitrogens is 2. The number of aromatic amines is 1. The number of carbonyl (C=O) groups excluding carboxylic acids is 2. The summed E-state index contributed by atoms with van der Waals surface area (Å²) in [6.45, 7) is 5.21. The molecule has 1 amide bonds. The van der Waals surface area contributed by atoms with Crippen LogP contribution in [-0.4, -0.2) is 45.9 Å². The molecule has 0 aliphatic carbocycles. The summed E-state index contributed by atoms with van der Waals surface area (Å²) >= 11 is 0. The van der Waals surface area contributed by atoms with Crippen molar-refractivity contribution in [3.8, 4) is 0 Å². The zero-order valence-electron chi connectivity index (χ0n) is 15.7. The van der Waals surface area contributed by atoms with Gasteiger partial charge in [-0.05, 0) is 37.8 Å². The molecule has 0 saturated carbocycles. The molecule has 7 heteroatoms. The van der Waals surface area contributed by atoms with Gasteiger partial charge in [-0.3, -0.25) is 14.4 Å². The topological polar surface area (TPSA) is 92.4 Å². The molecule has 1 aromatic heterocycles. The third-order valence-electron chi connectivity index (χ3n) is 4.98. The van der Waals surface area contributed by atoms with E-state index in [4.69, 9.17) is 4.74 Å². The van der Waals surface area contributed by atoms with Gasteiger partial charge in [0, 0.05) is 19.5 Å². The van der Waals surface area contributed by atoms with E-state index in [9.17, 15) is 14.4 Å². The number of aryl methyl sites for hydroxylation is 1. The molecule has 0 spiro atoms. The van der Waals surface area contributed by atoms with E-state index in [-0.39, 0.29) is 24.3 Å². The molecule has 1 aliphatic heterocycles. The minimum Gasteiger partial charge on any atom is -0.453 e. The molecule has 0 bridgehead atoms. The number of hydrogen-bond acceptors (Lipinski definition) is 5. The SMILES string of the molecule is CC1CCN(C(=O)[C@H](C)OC(=O)CCc2nc3ccccc3c(=O)[nH]2)CC1. The number of ether oxygens (including phenoxy) is 1. The van der Waals surface area contributed by atoms with Gasteiger partial charge in [-0.2, -0.15) is 0 Å². The fourth-order valence-corrected chi connectivity index (χ4v) is 3.27. The number of nitrogens with one attached hydrogen (secondary N) is 1. The molecule has 144 valence electrons. The van der Waals surface area contributed by atoms with Crippen molar-refractivity contribution >= 4 is 22.8 Å². The Morgan fingerprint density at radius 1 is 1.30 bits per heavy atom. The van der Waals surface area contributed by atoms with Crippen LogP contribution in [0.3, 0.4) is 0 Å². The van der Waals surface area contributed by atoms with Crippen molar-refractivity contribution in [3.05, 3.63) is 40.4 Å². The average Bonchev–Trinajstić information content (AvgIpc) is 2.66. The third-order valence-corrected chi connectivity index (χ3v) is 4.98. The molecule has 7 nitrogen and oxygen atoms in total. The Hall–Kier alpha value is -2.70. The van der Waals surface area contributed by atoms with Gasteiger partial charge in [0.05, 0.1) is 17.3 Å². The summed E-state index contributed by atoms with van der Waals surface area (Å²) in [5, 5.41) is 0.513. The highest BCUT2D eigenvalue weighted by Gasteiger charge is 2.26. The summed E-state index contributed by atoms with van der Waals surface area (Å²) in [6, 6.07) is 7.04. The van der Waals surface area contributed by atoms with Crippen LogP contribution in [0.4, 0.5) is 0 Å². The highest BCUT2D eigenvalue weighted by atomic mass is 16.5. The number of esters is 1. The van der Waals surface area contributed by atoms with E-state index in [1.807, 2.05) is 0 Å². The average molecular weight is 371 g/mol. The number of H-pyrrole nitrogens is 1. The first-order chi connectivity index (χ1) is 12.9. The van der Waals surface area contributed by atoms with Gasteiger partial charge in [0.2, 0.25) is 0 Å². The number of hydrogen-bond donors (Lipinski definition) is 1. The van der Waals surface area contributed by atoms with Crippen molar-refractivity contribution in [2.75, 3.05) is 13.1 Å². The Kier molecular flexibility index (Phi) is 5.88. The van der Waals surface area contributed by atoms with Gasteiger partial charge in [0.15, 0.2) is 6.10 Å². The minimum absolute atomic E-state index is 0.0515. The summed E-state index contributed by atoms with van der Waals surface area (Å²) < 4.78 is 5.28. The van der Waals surface area contributed by atoms with Crippen LogP contribution in [0, 0.1) is 5.92 Å². The van der Waals surface area contributed by atoms with Crippen LogP contribution >= 0.6 is 0 Å². The van der Waals surface area contributed by atoms with Crippen LogP contribution in [0.2, 0.25) is 0 Å².